The van der Waals surface area contributed by atoms with Crippen molar-refractivity contribution in [2.45, 2.75) is 45.3 Å². The first kappa shape index (κ1) is 14.7. The summed E-state index contributed by atoms with van der Waals surface area (Å²) in [6.45, 7) is 7.04. The van der Waals surface area contributed by atoms with Crippen LogP contribution in [0.2, 0.25) is 0 Å². The molecule has 2 aromatic rings. The molecular weight excluding hydrogens is 304 g/mol. The number of thiazole rings is 1. The van der Waals surface area contributed by atoms with Crippen molar-refractivity contribution in [2.75, 3.05) is 17.7 Å². The van der Waals surface area contributed by atoms with E-state index < -0.39 is 0 Å². The van der Waals surface area contributed by atoms with E-state index in [4.69, 9.17) is 10.5 Å². The number of anilines is 2. The number of hydrogen-bond acceptors (Lipinski definition) is 7. The molecule has 1 fully saturated rings. The van der Waals surface area contributed by atoms with Crippen LogP contribution in [0.25, 0.3) is 10.6 Å². The maximum atomic E-state index is 6.04. The summed E-state index contributed by atoms with van der Waals surface area (Å²) in [4.78, 5) is 4.54. The van der Waals surface area contributed by atoms with Crippen LogP contribution in [0.1, 0.15) is 32.4 Å². The second kappa shape index (κ2) is 5.55. The van der Waals surface area contributed by atoms with Gasteiger partial charge < -0.3 is 15.8 Å². The molecule has 3 N–H and O–H groups in total. The third-order valence-electron chi connectivity index (χ3n) is 3.58. The van der Waals surface area contributed by atoms with Crippen LogP contribution < -0.4 is 11.1 Å². The Morgan fingerprint density at radius 2 is 2.29 bits per heavy atom. The molecule has 0 spiro atoms. The molecule has 1 atom stereocenters. The van der Waals surface area contributed by atoms with Gasteiger partial charge in [0.25, 0.3) is 0 Å². The molecule has 0 aromatic carbocycles. The highest BCUT2D eigenvalue weighted by molar-refractivity contribution is 7.15. The fraction of sp³-hybridized carbons (Fsp3) is 0.571. The Morgan fingerprint density at radius 1 is 1.48 bits per heavy atom. The molecule has 1 unspecified atom stereocenters. The van der Waals surface area contributed by atoms with Gasteiger partial charge in [-0.3, -0.25) is 0 Å². The summed E-state index contributed by atoms with van der Waals surface area (Å²) < 4.78 is 10.1. The van der Waals surface area contributed by atoms with Gasteiger partial charge in [0, 0.05) is 23.7 Å². The van der Waals surface area contributed by atoms with E-state index in [0.717, 1.165) is 40.7 Å². The Kier molecular flexibility index (Phi) is 3.90. The fourth-order valence-electron chi connectivity index (χ4n) is 2.62. The summed E-state index contributed by atoms with van der Waals surface area (Å²) in [6, 6.07) is 0.383. The van der Waals surface area contributed by atoms with E-state index in [0.29, 0.717) is 11.9 Å². The molecule has 7 heteroatoms. The largest absolute Gasteiger partial charge is 0.382 e. The van der Waals surface area contributed by atoms with E-state index >= 15 is 0 Å². The van der Waals surface area contributed by atoms with Gasteiger partial charge in [0.15, 0.2) is 0 Å². The summed E-state index contributed by atoms with van der Waals surface area (Å²) in [5, 5.41) is 7.59. The standard InChI is InChI=1S/C14H20N4OS2/c1-8-7-20-12(16-8)10-11(15)18-21-13(10)17-9-4-5-19-14(2,3)6-9/h7,9,17H,4-6H2,1-3H3,(H2,15,18). The summed E-state index contributed by atoms with van der Waals surface area (Å²) in [5.41, 5.74) is 7.92. The van der Waals surface area contributed by atoms with Gasteiger partial charge in [-0.05, 0) is 45.1 Å². The predicted octanol–water partition coefficient (Wildman–Crippen LogP) is 3.53. The zero-order valence-corrected chi connectivity index (χ0v) is 14.1. The molecule has 1 aliphatic heterocycles. The van der Waals surface area contributed by atoms with Crippen LogP contribution in [0, 0.1) is 6.92 Å². The van der Waals surface area contributed by atoms with Crippen LogP contribution >= 0.6 is 22.9 Å². The molecule has 0 amide bonds. The fourth-order valence-corrected chi connectivity index (χ4v) is 4.33. The molecule has 21 heavy (non-hydrogen) atoms. The first-order valence-corrected chi connectivity index (χ1v) is 8.68. The van der Waals surface area contributed by atoms with Gasteiger partial charge in [-0.1, -0.05) is 0 Å². The molecular formula is C14H20N4OS2. The van der Waals surface area contributed by atoms with Crippen molar-refractivity contribution in [2.24, 2.45) is 0 Å². The Morgan fingerprint density at radius 3 is 2.95 bits per heavy atom. The van der Waals surface area contributed by atoms with Gasteiger partial charge in [0.1, 0.15) is 15.8 Å². The van der Waals surface area contributed by atoms with Crippen molar-refractivity contribution in [1.82, 2.24) is 9.36 Å². The minimum absolute atomic E-state index is 0.0793. The number of rotatable bonds is 3. The minimum Gasteiger partial charge on any atom is -0.382 e. The summed E-state index contributed by atoms with van der Waals surface area (Å²) >= 11 is 3.02. The van der Waals surface area contributed by atoms with Crippen molar-refractivity contribution in [3.63, 3.8) is 0 Å². The van der Waals surface area contributed by atoms with Crippen LogP contribution in [0.3, 0.4) is 0 Å². The van der Waals surface area contributed by atoms with E-state index in [-0.39, 0.29) is 5.60 Å². The molecule has 0 bridgehead atoms. The predicted molar refractivity (Wildman–Crippen MR) is 89.0 cm³/mol. The minimum atomic E-state index is -0.0793. The number of nitrogens with one attached hydrogen (secondary N) is 1. The Hall–Kier alpha value is -1.18. The molecule has 2 aromatic heterocycles. The summed E-state index contributed by atoms with van der Waals surface area (Å²) in [7, 11) is 0. The van der Waals surface area contributed by atoms with Crippen LogP contribution in [0.15, 0.2) is 5.38 Å². The van der Waals surface area contributed by atoms with Crippen LogP contribution in [0.4, 0.5) is 10.8 Å². The zero-order valence-electron chi connectivity index (χ0n) is 12.5. The van der Waals surface area contributed by atoms with Crippen LogP contribution in [0.5, 0.6) is 0 Å². The molecule has 5 nitrogen and oxygen atoms in total. The molecule has 1 saturated heterocycles. The molecule has 3 heterocycles. The number of nitrogens with zero attached hydrogens (tertiary/aromatic N) is 2. The van der Waals surface area contributed by atoms with Crippen molar-refractivity contribution >= 4 is 33.7 Å². The Balaban J connectivity index is 1.83. The number of aromatic nitrogens is 2. The SMILES string of the molecule is Cc1csc(-c2c(N)nsc2NC2CCOC(C)(C)C2)n1. The average Bonchev–Trinajstić information content (AvgIpc) is 2.95. The molecule has 3 rings (SSSR count). The first-order chi connectivity index (χ1) is 9.94. The van der Waals surface area contributed by atoms with Gasteiger partial charge in [0.05, 0.1) is 11.2 Å². The third-order valence-corrected chi connectivity index (χ3v) is 5.35. The second-order valence-corrected chi connectivity index (χ2v) is 7.64. The van der Waals surface area contributed by atoms with Gasteiger partial charge in [0.2, 0.25) is 0 Å². The van der Waals surface area contributed by atoms with E-state index in [9.17, 15) is 0 Å². The molecule has 0 saturated carbocycles. The normalized spacial score (nSPS) is 21.4. The van der Waals surface area contributed by atoms with Crippen LogP contribution in [-0.4, -0.2) is 27.6 Å². The highest BCUT2D eigenvalue weighted by Crippen LogP contribution is 2.39. The van der Waals surface area contributed by atoms with Gasteiger partial charge in [-0.15, -0.1) is 11.3 Å². The quantitative estimate of drug-likeness (QED) is 0.903. The lowest BCUT2D eigenvalue weighted by Crippen LogP contribution is -2.40. The third kappa shape index (κ3) is 3.20. The lowest BCUT2D eigenvalue weighted by Gasteiger charge is -2.36. The average molecular weight is 324 g/mol. The monoisotopic (exact) mass is 324 g/mol. The maximum absolute atomic E-state index is 6.04. The van der Waals surface area contributed by atoms with Gasteiger partial charge >= 0.3 is 0 Å². The van der Waals surface area contributed by atoms with E-state index in [1.807, 2.05) is 12.3 Å². The van der Waals surface area contributed by atoms with E-state index in [2.05, 4.69) is 28.5 Å². The van der Waals surface area contributed by atoms with Gasteiger partial charge in [-0.25, -0.2) is 4.98 Å². The van der Waals surface area contributed by atoms with Gasteiger partial charge in [-0.2, -0.15) is 4.37 Å². The number of aryl methyl sites for hydroxylation is 1. The van der Waals surface area contributed by atoms with Crippen molar-refractivity contribution in [3.8, 4) is 10.6 Å². The highest BCUT2D eigenvalue weighted by Gasteiger charge is 2.30. The van der Waals surface area contributed by atoms with Crippen molar-refractivity contribution in [3.05, 3.63) is 11.1 Å². The topological polar surface area (TPSA) is 73.1 Å². The smallest absolute Gasteiger partial charge is 0.149 e. The van der Waals surface area contributed by atoms with Crippen molar-refractivity contribution in [1.29, 1.82) is 0 Å². The Bertz CT molecular complexity index is 635. The number of nitrogen functional groups attached to an aromatic ring is 1. The van der Waals surface area contributed by atoms with E-state index in [1.54, 1.807) is 11.3 Å². The van der Waals surface area contributed by atoms with Crippen LogP contribution in [-0.2, 0) is 4.74 Å². The van der Waals surface area contributed by atoms with E-state index in [1.165, 1.54) is 11.5 Å². The lowest BCUT2D eigenvalue weighted by atomic mass is 9.94. The molecule has 1 aliphatic rings. The number of ether oxygens (including phenoxy) is 1. The van der Waals surface area contributed by atoms with Crippen molar-refractivity contribution < 1.29 is 4.74 Å². The highest BCUT2D eigenvalue weighted by atomic mass is 32.1. The first-order valence-electron chi connectivity index (χ1n) is 7.03. The molecule has 0 radical (unpaired) electrons. The molecule has 114 valence electrons. The second-order valence-electron chi connectivity index (χ2n) is 6.01. The zero-order chi connectivity index (χ0) is 15.0. The maximum Gasteiger partial charge on any atom is 0.149 e. The summed E-state index contributed by atoms with van der Waals surface area (Å²) in [6.07, 6.45) is 1.97. The number of nitrogens with two attached hydrogens (primary N) is 1. The molecule has 0 aliphatic carbocycles. The lowest BCUT2D eigenvalue weighted by molar-refractivity contribution is -0.0552. The number of hydrogen-bond donors (Lipinski definition) is 2. The Labute approximate surface area is 132 Å². The summed E-state index contributed by atoms with van der Waals surface area (Å²) in [5.74, 6) is 0.558.